The number of halogens is 1. The molecule has 1 saturated carbocycles. The summed E-state index contributed by atoms with van der Waals surface area (Å²) in [6, 6.07) is 6.76. The summed E-state index contributed by atoms with van der Waals surface area (Å²) in [5, 5.41) is 4.13. The van der Waals surface area contributed by atoms with Crippen molar-refractivity contribution in [2.24, 2.45) is 0 Å². The molecule has 1 saturated heterocycles. The highest BCUT2D eigenvalue weighted by molar-refractivity contribution is 5.16. The molecule has 1 aliphatic carbocycles. The highest BCUT2D eigenvalue weighted by Crippen LogP contribution is 2.39. The lowest BCUT2D eigenvalue weighted by molar-refractivity contribution is 0.180. The predicted molar refractivity (Wildman–Crippen MR) is 79.9 cm³/mol. The average molecular weight is 301 g/mol. The van der Waals surface area contributed by atoms with Crippen LogP contribution in [0, 0.1) is 5.82 Å². The molecule has 4 nitrogen and oxygen atoms in total. The Kier molecular flexibility index (Phi) is 3.66. The lowest BCUT2D eigenvalue weighted by Gasteiger charge is -2.30. The van der Waals surface area contributed by atoms with Gasteiger partial charge in [0.1, 0.15) is 5.82 Å². The zero-order chi connectivity index (χ0) is 14.9. The first kappa shape index (κ1) is 13.9. The summed E-state index contributed by atoms with van der Waals surface area (Å²) in [5.41, 5.74) is 1.14. The van der Waals surface area contributed by atoms with Crippen molar-refractivity contribution in [1.82, 2.24) is 15.0 Å². The summed E-state index contributed by atoms with van der Waals surface area (Å²) in [7, 11) is 0. The Hall–Kier alpha value is -1.75. The van der Waals surface area contributed by atoms with Crippen LogP contribution in [0.25, 0.3) is 0 Å². The van der Waals surface area contributed by atoms with Crippen molar-refractivity contribution >= 4 is 0 Å². The molecule has 1 unspecified atom stereocenters. The topological polar surface area (TPSA) is 42.2 Å². The van der Waals surface area contributed by atoms with Crippen molar-refractivity contribution in [3.63, 3.8) is 0 Å². The molecule has 1 aliphatic heterocycles. The fraction of sp³-hybridized carbons (Fsp3) is 0.529. The van der Waals surface area contributed by atoms with Crippen LogP contribution in [0.3, 0.4) is 0 Å². The molecule has 1 atom stereocenters. The van der Waals surface area contributed by atoms with E-state index in [4.69, 9.17) is 4.52 Å². The molecule has 116 valence electrons. The van der Waals surface area contributed by atoms with Crippen LogP contribution >= 0.6 is 0 Å². The maximum absolute atomic E-state index is 13.0. The van der Waals surface area contributed by atoms with Gasteiger partial charge in [0.15, 0.2) is 5.82 Å². The molecule has 0 radical (unpaired) electrons. The lowest BCUT2D eigenvalue weighted by atomic mass is 9.97. The lowest BCUT2D eigenvalue weighted by Crippen LogP contribution is -2.34. The Morgan fingerprint density at radius 2 is 1.95 bits per heavy atom. The molecule has 1 aromatic carbocycles. The smallest absolute Gasteiger partial charge is 0.231 e. The van der Waals surface area contributed by atoms with Crippen LogP contribution in [-0.2, 0) is 6.54 Å². The van der Waals surface area contributed by atoms with E-state index < -0.39 is 0 Å². The summed E-state index contributed by atoms with van der Waals surface area (Å²) in [6.07, 6.45) is 4.62. The molecule has 5 heteroatoms. The van der Waals surface area contributed by atoms with Gasteiger partial charge in [-0.15, -0.1) is 0 Å². The van der Waals surface area contributed by atoms with Gasteiger partial charge in [0.2, 0.25) is 5.89 Å². The SMILES string of the molecule is Fc1ccc(CN2CCCC(c3nc(C4CC4)no3)C2)cc1. The van der Waals surface area contributed by atoms with Crippen LogP contribution in [0.15, 0.2) is 28.8 Å². The molecule has 0 amide bonds. The highest BCUT2D eigenvalue weighted by atomic mass is 19.1. The standard InChI is InChI=1S/C17H20FN3O/c18-15-7-3-12(4-8-15)10-21-9-1-2-14(11-21)17-19-16(20-22-17)13-5-6-13/h3-4,7-8,13-14H,1-2,5-6,9-11H2. The van der Waals surface area contributed by atoms with Gasteiger partial charge in [0.25, 0.3) is 0 Å². The highest BCUT2D eigenvalue weighted by Gasteiger charge is 2.31. The van der Waals surface area contributed by atoms with Gasteiger partial charge in [-0.1, -0.05) is 17.3 Å². The van der Waals surface area contributed by atoms with Crippen molar-refractivity contribution in [2.75, 3.05) is 13.1 Å². The summed E-state index contributed by atoms with van der Waals surface area (Å²) in [5.74, 6) is 2.38. The second-order valence-electron chi connectivity index (χ2n) is 6.47. The number of nitrogens with zero attached hydrogens (tertiary/aromatic N) is 3. The van der Waals surface area contributed by atoms with Gasteiger partial charge in [0.05, 0.1) is 5.92 Å². The minimum absolute atomic E-state index is 0.182. The van der Waals surface area contributed by atoms with Crippen LogP contribution in [0.5, 0.6) is 0 Å². The fourth-order valence-electron chi connectivity index (χ4n) is 3.17. The number of aromatic nitrogens is 2. The Labute approximate surface area is 129 Å². The second-order valence-corrected chi connectivity index (χ2v) is 6.47. The van der Waals surface area contributed by atoms with Crippen LogP contribution in [0.4, 0.5) is 4.39 Å². The van der Waals surface area contributed by atoms with Crippen LogP contribution < -0.4 is 0 Å². The number of hydrogen-bond acceptors (Lipinski definition) is 4. The van der Waals surface area contributed by atoms with E-state index in [0.717, 1.165) is 49.8 Å². The third-order valence-corrected chi connectivity index (χ3v) is 4.57. The molecule has 2 fully saturated rings. The van der Waals surface area contributed by atoms with Gasteiger partial charge in [0, 0.05) is 19.0 Å². The zero-order valence-electron chi connectivity index (χ0n) is 12.5. The van der Waals surface area contributed by atoms with Crippen molar-refractivity contribution in [3.05, 3.63) is 47.4 Å². The average Bonchev–Trinajstić information content (AvgIpc) is 3.27. The quantitative estimate of drug-likeness (QED) is 0.867. The van der Waals surface area contributed by atoms with Crippen molar-refractivity contribution in [2.45, 2.75) is 44.1 Å². The van der Waals surface area contributed by atoms with E-state index in [-0.39, 0.29) is 5.82 Å². The number of hydrogen-bond donors (Lipinski definition) is 0. The number of rotatable bonds is 4. The molecular formula is C17H20FN3O. The van der Waals surface area contributed by atoms with Gasteiger partial charge in [-0.3, -0.25) is 4.90 Å². The Bertz CT molecular complexity index is 636. The van der Waals surface area contributed by atoms with E-state index >= 15 is 0 Å². The summed E-state index contributed by atoms with van der Waals surface area (Å²) < 4.78 is 18.5. The van der Waals surface area contributed by atoms with Crippen LogP contribution in [0.1, 0.15) is 54.8 Å². The largest absolute Gasteiger partial charge is 0.339 e. The van der Waals surface area contributed by atoms with E-state index in [0.29, 0.717) is 11.8 Å². The van der Waals surface area contributed by atoms with Crippen molar-refractivity contribution < 1.29 is 8.91 Å². The first-order valence-electron chi connectivity index (χ1n) is 8.08. The predicted octanol–water partition coefficient (Wildman–Crippen LogP) is 3.47. The van der Waals surface area contributed by atoms with Crippen molar-refractivity contribution in [3.8, 4) is 0 Å². The minimum Gasteiger partial charge on any atom is -0.339 e. The number of piperidine rings is 1. The molecule has 22 heavy (non-hydrogen) atoms. The maximum Gasteiger partial charge on any atom is 0.231 e. The Balaban J connectivity index is 1.41. The summed E-state index contributed by atoms with van der Waals surface area (Å²) >= 11 is 0. The Morgan fingerprint density at radius 1 is 1.14 bits per heavy atom. The molecule has 0 N–H and O–H groups in total. The second kappa shape index (κ2) is 5.80. The van der Waals surface area contributed by atoms with Gasteiger partial charge < -0.3 is 4.52 Å². The molecule has 0 bridgehead atoms. The van der Waals surface area contributed by atoms with Gasteiger partial charge in [-0.2, -0.15) is 4.98 Å². The molecular weight excluding hydrogens is 281 g/mol. The molecule has 2 heterocycles. The molecule has 2 aromatic rings. The first-order valence-corrected chi connectivity index (χ1v) is 8.08. The maximum atomic E-state index is 13.0. The number of benzene rings is 1. The third-order valence-electron chi connectivity index (χ3n) is 4.57. The zero-order valence-corrected chi connectivity index (χ0v) is 12.5. The molecule has 0 spiro atoms. The van der Waals surface area contributed by atoms with Crippen LogP contribution in [0.2, 0.25) is 0 Å². The van der Waals surface area contributed by atoms with Crippen molar-refractivity contribution in [1.29, 1.82) is 0 Å². The molecule has 2 aliphatic rings. The van der Waals surface area contributed by atoms with Crippen LogP contribution in [-0.4, -0.2) is 28.1 Å². The molecule has 1 aromatic heterocycles. The minimum atomic E-state index is -0.182. The Morgan fingerprint density at radius 3 is 2.73 bits per heavy atom. The van der Waals surface area contributed by atoms with E-state index in [1.807, 2.05) is 12.1 Å². The van der Waals surface area contributed by atoms with E-state index in [1.54, 1.807) is 0 Å². The summed E-state index contributed by atoms with van der Waals surface area (Å²) in [6.45, 7) is 2.85. The van der Waals surface area contributed by atoms with E-state index in [1.165, 1.54) is 25.0 Å². The molecule has 4 rings (SSSR count). The normalized spacial score (nSPS) is 22.9. The monoisotopic (exact) mass is 301 g/mol. The van der Waals surface area contributed by atoms with E-state index in [2.05, 4.69) is 15.0 Å². The number of likely N-dealkylation sites (tertiary alicyclic amines) is 1. The third kappa shape index (κ3) is 3.04. The summed E-state index contributed by atoms with van der Waals surface area (Å²) in [4.78, 5) is 6.99. The van der Waals surface area contributed by atoms with E-state index in [9.17, 15) is 4.39 Å². The van der Waals surface area contributed by atoms with Gasteiger partial charge in [-0.25, -0.2) is 4.39 Å². The fourth-order valence-corrected chi connectivity index (χ4v) is 3.17. The van der Waals surface area contributed by atoms with Gasteiger partial charge >= 0.3 is 0 Å². The van der Waals surface area contributed by atoms with Gasteiger partial charge in [-0.05, 0) is 49.9 Å². The first-order chi connectivity index (χ1) is 10.8.